The second kappa shape index (κ2) is 3.47. The molecular weight excluding hydrogens is 255 g/mol. The molecule has 0 aliphatic carbocycles. The molecule has 0 saturated carbocycles. The van der Waals surface area contributed by atoms with Crippen LogP contribution in [-0.2, 0) is 0 Å². The summed E-state index contributed by atoms with van der Waals surface area (Å²) in [5.74, 6) is 0. The van der Waals surface area contributed by atoms with Gasteiger partial charge in [-0.15, -0.1) is 0 Å². The van der Waals surface area contributed by atoms with E-state index in [1.165, 1.54) is 6.26 Å². The first-order valence-electron chi connectivity index (χ1n) is 3.50. The maximum atomic E-state index is 5.87. The van der Waals surface area contributed by atoms with Gasteiger partial charge in [0.25, 0.3) is 0 Å². The Kier molecular flexibility index (Phi) is 2.33. The molecule has 0 atom stereocenters. The minimum Gasteiger partial charge on any atom is -0.363 e. The van der Waals surface area contributed by atoms with E-state index in [9.17, 15) is 0 Å². The molecular formula is C8H4BrClN2O. The predicted octanol–water partition coefficient (Wildman–Crippen LogP) is 3.15. The Morgan fingerprint density at radius 2 is 2.31 bits per heavy atom. The van der Waals surface area contributed by atoms with E-state index in [-0.39, 0.29) is 0 Å². The van der Waals surface area contributed by atoms with Gasteiger partial charge >= 0.3 is 0 Å². The second-order valence-electron chi connectivity index (χ2n) is 2.35. The number of hydrogen-bond donors (Lipinski definition) is 0. The number of nitrogens with zero attached hydrogens (tertiary/aromatic N) is 2. The van der Waals surface area contributed by atoms with Crippen molar-refractivity contribution in [2.24, 2.45) is 0 Å². The molecule has 5 heteroatoms. The van der Waals surface area contributed by atoms with Gasteiger partial charge in [0.15, 0.2) is 0 Å². The predicted molar refractivity (Wildman–Crippen MR) is 52.4 cm³/mol. The summed E-state index contributed by atoms with van der Waals surface area (Å²) in [6, 6.07) is 3.63. The lowest BCUT2D eigenvalue weighted by atomic mass is 10.2. The number of halogens is 2. The standard InChI is InChI=1S/C8H4BrClN2O/c9-6-4-13-12-7(6)5-2-1-3-11-8(5)10/h1-4H. The Labute approximate surface area is 87.8 Å². The summed E-state index contributed by atoms with van der Waals surface area (Å²) in [6.45, 7) is 0. The third-order valence-corrected chi connectivity index (χ3v) is 2.40. The molecule has 0 aromatic carbocycles. The fourth-order valence-corrected chi connectivity index (χ4v) is 1.54. The van der Waals surface area contributed by atoms with Gasteiger partial charge in [-0.05, 0) is 28.1 Å². The summed E-state index contributed by atoms with van der Waals surface area (Å²) < 4.78 is 5.54. The first-order valence-corrected chi connectivity index (χ1v) is 4.67. The van der Waals surface area contributed by atoms with Crippen molar-refractivity contribution in [2.45, 2.75) is 0 Å². The van der Waals surface area contributed by atoms with Crippen molar-refractivity contribution in [3.63, 3.8) is 0 Å². The maximum absolute atomic E-state index is 5.87. The van der Waals surface area contributed by atoms with Crippen LogP contribution in [0.15, 0.2) is 33.6 Å². The summed E-state index contributed by atoms with van der Waals surface area (Å²) in [7, 11) is 0. The molecule has 0 amide bonds. The Bertz CT molecular complexity index is 430. The fraction of sp³-hybridized carbons (Fsp3) is 0. The van der Waals surface area contributed by atoms with Crippen LogP contribution in [0.4, 0.5) is 0 Å². The third-order valence-electron chi connectivity index (χ3n) is 1.54. The van der Waals surface area contributed by atoms with Crippen LogP contribution in [-0.4, -0.2) is 10.1 Å². The number of rotatable bonds is 1. The van der Waals surface area contributed by atoms with E-state index in [2.05, 4.69) is 26.1 Å². The minimum absolute atomic E-state index is 0.414. The lowest BCUT2D eigenvalue weighted by Gasteiger charge is -1.97. The van der Waals surface area contributed by atoms with E-state index in [1.54, 1.807) is 12.3 Å². The van der Waals surface area contributed by atoms with Gasteiger partial charge < -0.3 is 4.52 Å². The van der Waals surface area contributed by atoms with Crippen molar-refractivity contribution in [1.82, 2.24) is 10.1 Å². The maximum Gasteiger partial charge on any atom is 0.138 e. The normalized spacial score (nSPS) is 10.3. The van der Waals surface area contributed by atoms with Crippen molar-refractivity contribution >= 4 is 27.5 Å². The number of hydrogen-bond acceptors (Lipinski definition) is 3. The molecule has 2 aromatic heterocycles. The van der Waals surface area contributed by atoms with Crippen LogP contribution >= 0.6 is 27.5 Å². The smallest absolute Gasteiger partial charge is 0.138 e. The van der Waals surface area contributed by atoms with Crippen LogP contribution in [0.1, 0.15) is 0 Å². The van der Waals surface area contributed by atoms with Crippen molar-refractivity contribution < 1.29 is 4.52 Å². The second-order valence-corrected chi connectivity index (χ2v) is 3.57. The van der Waals surface area contributed by atoms with Gasteiger partial charge in [0.1, 0.15) is 17.1 Å². The lowest BCUT2D eigenvalue weighted by Crippen LogP contribution is -1.82. The molecule has 0 aliphatic rings. The van der Waals surface area contributed by atoms with E-state index in [0.717, 1.165) is 10.0 Å². The molecule has 2 heterocycles. The van der Waals surface area contributed by atoms with E-state index >= 15 is 0 Å². The first-order chi connectivity index (χ1) is 6.29. The SMILES string of the molecule is Clc1ncccc1-c1nocc1Br. The molecule has 0 bridgehead atoms. The largest absolute Gasteiger partial charge is 0.363 e. The van der Waals surface area contributed by atoms with Gasteiger partial charge in [-0.3, -0.25) is 0 Å². The zero-order valence-electron chi connectivity index (χ0n) is 6.37. The molecule has 2 aromatic rings. The molecule has 13 heavy (non-hydrogen) atoms. The molecule has 0 saturated heterocycles. The van der Waals surface area contributed by atoms with E-state index in [4.69, 9.17) is 16.1 Å². The van der Waals surface area contributed by atoms with Crippen molar-refractivity contribution in [2.75, 3.05) is 0 Å². The fourth-order valence-electron chi connectivity index (χ4n) is 0.965. The van der Waals surface area contributed by atoms with Crippen LogP contribution in [0.25, 0.3) is 11.3 Å². The molecule has 3 nitrogen and oxygen atoms in total. The molecule has 66 valence electrons. The monoisotopic (exact) mass is 258 g/mol. The summed E-state index contributed by atoms with van der Waals surface area (Å²) in [5, 5.41) is 4.21. The number of pyridine rings is 1. The molecule has 0 aliphatic heterocycles. The van der Waals surface area contributed by atoms with Crippen LogP contribution in [0.2, 0.25) is 5.15 Å². The Hall–Kier alpha value is -0.870. The molecule has 2 rings (SSSR count). The van der Waals surface area contributed by atoms with Crippen molar-refractivity contribution in [1.29, 1.82) is 0 Å². The van der Waals surface area contributed by atoms with E-state index in [1.807, 2.05) is 6.07 Å². The topological polar surface area (TPSA) is 38.9 Å². The lowest BCUT2D eigenvalue weighted by molar-refractivity contribution is 0.421. The minimum atomic E-state index is 0.414. The molecule has 0 radical (unpaired) electrons. The zero-order valence-corrected chi connectivity index (χ0v) is 8.71. The Morgan fingerprint density at radius 3 is 2.92 bits per heavy atom. The highest BCUT2D eigenvalue weighted by atomic mass is 79.9. The third kappa shape index (κ3) is 1.59. The average molecular weight is 259 g/mol. The van der Waals surface area contributed by atoms with Gasteiger partial charge in [0, 0.05) is 11.8 Å². The van der Waals surface area contributed by atoms with E-state index < -0.39 is 0 Å². The van der Waals surface area contributed by atoms with Gasteiger partial charge in [0.2, 0.25) is 0 Å². The van der Waals surface area contributed by atoms with E-state index in [0.29, 0.717) is 10.8 Å². The van der Waals surface area contributed by atoms with Crippen LogP contribution in [0.3, 0.4) is 0 Å². The number of aromatic nitrogens is 2. The zero-order chi connectivity index (χ0) is 9.26. The Balaban J connectivity index is 2.59. The quantitative estimate of drug-likeness (QED) is 0.739. The van der Waals surface area contributed by atoms with Crippen LogP contribution in [0.5, 0.6) is 0 Å². The summed E-state index contributed by atoms with van der Waals surface area (Å²) in [5.41, 5.74) is 1.42. The first kappa shape index (κ1) is 8.72. The highest BCUT2D eigenvalue weighted by molar-refractivity contribution is 9.10. The van der Waals surface area contributed by atoms with Gasteiger partial charge in [-0.2, -0.15) is 0 Å². The van der Waals surface area contributed by atoms with Gasteiger partial charge in [-0.1, -0.05) is 16.8 Å². The highest BCUT2D eigenvalue weighted by Gasteiger charge is 2.11. The molecule has 0 unspecified atom stereocenters. The highest BCUT2D eigenvalue weighted by Crippen LogP contribution is 2.30. The molecule has 0 fully saturated rings. The van der Waals surface area contributed by atoms with Crippen molar-refractivity contribution in [3.8, 4) is 11.3 Å². The van der Waals surface area contributed by atoms with Crippen LogP contribution < -0.4 is 0 Å². The van der Waals surface area contributed by atoms with Gasteiger partial charge in [-0.25, -0.2) is 4.98 Å². The molecule has 0 spiro atoms. The summed E-state index contributed by atoms with van der Waals surface area (Å²) in [6.07, 6.45) is 3.12. The average Bonchev–Trinajstić information content (AvgIpc) is 2.52. The molecule has 0 N–H and O–H groups in total. The van der Waals surface area contributed by atoms with Gasteiger partial charge in [0.05, 0.1) is 4.47 Å². The van der Waals surface area contributed by atoms with Crippen molar-refractivity contribution in [3.05, 3.63) is 34.2 Å². The summed E-state index contributed by atoms with van der Waals surface area (Å²) in [4.78, 5) is 3.94. The Morgan fingerprint density at radius 1 is 1.46 bits per heavy atom. The summed E-state index contributed by atoms with van der Waals surface area (Å²) >= 11 is 9.17. The van der Waals surface area contributed by atoms with Crippen LogP contribution in [0, 0.1) is 0 Å².